The van der Waals surface area contributed by atoms with E-state index in [9.17, 15) is 9.90 Å². The number of rotatable bonds is 3. The van der Waals surface area contributed by atoms with Crippen LogP contribution in [0.4, 0.5) is 0 Å². The van der Waals surface area contributed by atoms with Crippen molar-refractivity contribution >= 4 is 16.9 Å². The number of likely N-dealkylation sites (tertiary alicyclic amines) is 1. The second-order valence-corrected chi connectivity index (χ2v) is 6.12. The third-order valence-electron chi connectivity index (χ3n) is 4.55. The molecule has 0 aliphatic carbocycles. The lowest BCUT2D eigenvalue weighted by Gasteiger charge is -2.38. The van der Waals surface area contributed by atoms with Crippen molar-refractivity contribution in [1.82, 2.24) is 20.1 Å². The van der Waals surface area contributed by atoms with E-state index in [2.05, 4.69) is 21.2 Å². The Hall–Kier alpha value is -2.89. The molecule has 0 atom stereocenters. The SMILES string of the molecule is CCC(=O)N1CC(c2cc3cc(-c4ccccc4O)nnc3[nH]2)C1. The summed E-state index contributed by atoms with van der Waals surface area (Å²) < 4.78 is 0. The quantitative estimate of drug-likeness (QED) is 0.776. The summed E-state index contributed by atoms with van der Waals surface area (Å²) in [7, 11) is 0. The van der Waals surface area contributed by atoms with E-state index in [1.54, 1.807) is 12.1 Å². The second-order valence-electron chi connectivity index (χ2n) is 6.12. The maximum absolute atomic E-state index is 11.6. The number of aromatic hydroxyl groups is 1. The van der Waals surface area contributed by atoms with E-state index < -0.39 is 0 Å². The molecule has 1 saturated heterocycles. The zero-order valence-corrected chi connectivity index (χ0v) is 13.4. The fraction of sp³-hybridized carbons (Fsp3) is 0.278. The van der Waals surface area contributed by atoms with Crippen LogP contribution < -0.4 is 0 Å². The molecule has 2 aromatic heterocycles. The molecular weight excluding hydrogens is 304 g/mol. The number of benzene rings is 1. The van der Waals surface area contributed by atoms with Crippen LogP contribution in [0.15, 0.2) is 36.4 Å². The first kappa shape index (κ1) is 14.7. The number of aromatic amines is 1. The summed E-state index contributed by atoms with van der Waals surface area (Å²) in [5.41, 5.74) is 3.11. The molecule has 4 rings (SSSR count). The number of aromatic nitrogens is 3. The number of nitrogens with one attached hydrogen (secondary N) is 1. The van der Waals surface area contributed by atoms with Gasteiger partial charge in [0.15, 0.2) is 5.65 Å². The predicted octanol–water partition coefficient (Wildman–Crippen LogP) is 2.67. The molecule has 1 aliphatic rings. The zero-order valence-electron chi connectivity index (χ0n) is 13.4. The third kappa shape index (κ3) is 2.40. The lowest BCUT2D eigenvalue weighted by Crippen LogP contribution is -2.48. The fourth-order valence-electron chi connectivity index (χ4n) is 3.10. The highest BCUT2D eigenvalue weighted by atomic mass is 16.3. The van der Waals surface area contributed by atoms with Crippen molar-refractivity contribution in [3.63, 3.8) is 0 Å². The highest BCUT2D eigenvalue weighted by Gasteiger charge is 2.31. The molecule has 1 amide bonds. The van der Waals surface area contributed by atoms with Crippen LogP contribution in [0, 0.1) is 0 Å². The number of amides is 1. The maximum atomic E-state index is 11.6. The van der Waals surface area contributed by atoms with Crippen molar-refractivity contribution in [3.05, 3.63) is 42.1 Å². The van der Waals surface area contributed by atoms with E-state index >= 15 is 0 Å². The topological polar surface area (TPSA) is 82.1 Å². The normalized spacial score (nSPS) is 14.8. The number of hydrogen-bond acceptors (Lipinski definition) is 4. The highest BCUT2D eigenvalue weighted by Crippen LogP contribution is 2.31. The number of para-hydroxylation sites is 1. The summed E-state index contributed by atoms with van der Waals surface area (Å²) in [6.07, 6.45) is 0.550. The van der Waals surface area contributed by atoms with Crippen molar-refractivity contribution < 1.29 is 9.90 Å². The summed E-state index contributed by atoms with van der Waals surface area (Å²) in [4.78, 5) is 16.8. The van der Waals surface area contributed by atoms with Crippen LogP contribution in [0.25, 0.3) is 22.3 Å². The Bertz CT molecular complexity index is 912. The van der Waals surface area contributed by atoms with Crippen LogP contribution >= 0.6 is 0 Å². The van der Waals surface area contributed by atoms with Gasteiger partial charge in [-0.1, -0.05) is 19.1 Å². The van der Waals surface area contributed by atoms with Crippen molar-refractivity contribution in [2.45, 2.75) is 19.3 Å². The number of carbonyl (C=O) groups is 1. The van der Waals surface area contributed by atoms with E-state index in [0.717, 1.165) is 29.8 Å². The Balaban J connectivity index is 1.61. The van der Waals surface area contributed by atoms with E-state index in [1.165, 1.54) is 0 Å². The predicted molar refractivity (Wildman–Crippen MR) is 90.6 cm³/mol. The molecule has 3 aromatic rings. The van der Waals surface area contributed by atoms with Gasteiger partial charge < -0.3 is 15.0 Å². The molecule has 0 unspecified atom stereocenters. The number of phenolic OH excluding ortho intramolecular Hbond substituents is 1. The molecule has 6 heteroatoms. The summed E-state index contributed by atoms with van der Waals surface area (Å²) in [6.45, 7) is 3.38. The van der Waals surface area contributed by atoms with Gasteiger partial charge in [0.2, 0.25) is 5.91 Å². The van der Waals surface area contributed by atoms with Crippen LogP contribution in [-0.4, -0.2) is 44.2 Å². The molecule has 122 valence electrons. The van der Waals surface area contributed by atoms with Gasteiger partial charge in [-0.25, -0.2) is 0 Å². The molecule has 3 heterocycles. The van der Waals surface area contributed by atoms with Crippen molar-refractivity contribution in [1.29, 1.82) is 0 Å². The largest absolute Gasteiger partial charge is 0.507 e. The van der Waals surface area contributed by atoms with Crippen molar-refractivity contribution in [2.24, 2.45) is 0 Å². The standard InChI is InChI=1S/C18H18N4O2/c1-2-17(24)22-9-12(10-22)14-7-11-8-15(20-21-18(11)19-14)13-5-3-4-6-16(13)23/h3-8,12,23H,2,9-10H2,1H3,(H,19,21). The molecule has 0 radical (unpaired) electrons. The van der Waals surface area contributed by atoms with Crippen LogP contribution in [0.2, 0.25) is 0 Å². The number of nitrogens with zero attached hydrogens (tertiary/aromatic N) is 3. The van der Waals surface area contributed by atoms with E-state index in [-0.39, 0.29) is 11.7 Å². The van der Waals surface area contributed by atoms with Gasteiger partial charge in [0.25, 0.3) is 0 Å². The maximum Gasteiger partial charge on any atom is 0.222 e. The Morgan fingerprint density at radius 3 is 2.83 bits per heavy atom. The molecule has 6 nitrogen and oxygen atoms in total. The number of H-pyrrole nitrogens is 1. The van der Waals surface area contributed by atoms with Gasteiger partial charge in [-0.3, -0.25) is 4.79 Å². The first-order valence-corrected chi connectivity index (χ1v) is 8.08. The number of phenols is 1. The molecule has 0 spiro atoms. The molecule has 1 fully saturated rings. The summed E-state index contributed by atoms with van der Waals surface area (Å²) in [6, 6.07) is 11.1. The average Bonchev–Trinajstić information content (AvgIpc) is 2.96. The number of fused-ring (bicyclic) bond motifs is 1. The third-order valence-corrected chi connectivity index (χ3v) is 4.55. The highest BCUT2D eigenvalue weighted by molar-refractivity contribution is 5.82. The molecule has 0 bridgehead atoms. The minimum Gasteiger partial charge on any atom is -0.507 e. The molecule has 24 heavy (non-hydrogen) atoms. The van der Waals surface area contributed by atoms with E-state index in [1.807, 2.05) is 30.0 Å². The van der Waals surface area contributed by atoms with Crippen LogP contribution in [-0.2, 0) is 4.79 Å². The Labute approximate surface area is 139 Å². The van der Waals surface area contributed by atoms with Gasteiger partial charge in [-0.15, -0.1) is 10.2 Å². The van der Waals surface area contributed by atoms with Gasteiger partial charge in [-0.2, -0.15) is 0 Å². The first-order chi connectivity index (χ1) is 11.7. The fourth-order valence-corrected chi connectivity index (χ4v) is 3.10. The minimum absolute atomic E-state index is 0.189. The smallest absolute Gasteiger partial charge is 0.222 e. The van der Waals surface area contributed by atoms with Crippen LogP contribution in [0.1, 0.15) is 25.0 Å². The average molecular weight is 322 g/mol. The minimum atomic E-state index is 0.189. The van der Waals surface area contributed by atoms with Gasteiger partial charge >= 0.3 is 0 Å². The summed E-state index contributed by atoms with van der Waals surface area (Å²) >= 11 is 0. The van der Waals surface area contributed by atoms with Gasteiger partial charge in [-0.05, 0) is 24.3 Å². The monoisotopic (exact) mass is 322 g/mol. The van der Waals surface area contributed by atoms with E-state index in [0.29, 0.717) is 23.6 Å². The molecular formula is C18H18N4O2. The second kappa shape index (κ2) is 5.63. The Morgan fingerprint density at radius 2 is 2.08 bits per heavy atom. The van der Waals surface area contributed by atoms with Gasteiger partial charge in [0.1, 0.15) is 5.75 Å². The summed E-state index contributed by atoms with van der Waals surface area (Å²) in [5, 5.41) is 19.4. The number of carbonyl (C=O) groups excluding carboxylic acids is 1. The lowest BCUT2D eigenvalue weighted by molar-refractivity contribution is -0.135. The van der Waals surface area contributed by atoms with Crippen LogP contribution in [0.5, 0.6) is 5.75 Å². The van der Waals surface area contributed by atoms with Gasteiger partial charge in [0, 0.05) is 42.1 Å². The molecule has 1 aliphatic heterocycles. The zero-order chi connectivity index (χ0) is 16.7. The molecule has 0 saturated carbocycles. The Morgan fingerprint density at radius 1 is 1.29 bits per heavy atom. The molecule has 1 aromatic carbocycles. The van der Waals surface area contributed by atoms with Crippen molar-refractivity contribution in [2.75, 3.05) is 13.1 Å². The lowest BCUT2D eigenvalue weighted by atomic mass is 9.96. The van der Waals surface area contributed by atoms with Gasteiger partial charge in [0.05, 0.1) is 5.69 Å². The van der Waals surface area contributed by atoms with Crippen molar-refractivity contribution in [3.8, 4) is 17.0 Å². The Kier molecular flexibility index (Phi) is 3.45. The summed E-state index contributed by atoms with van der Waals surface area (Å²) in [5.74, 6) is 0.710. The first-order valence-electron chi connectivity index (χ1n) is 8.08. The van der Waals surface area contributed by atoms with E-state index in [4.69, 9.17) is 0 Å². The van der Waals surface area contributed by atoms with Crippen LogP contribution in [0.3, 0.4) is 0 Å². The molecule has 2 N–H and O–H groups in total. The number of hydrogen-bond donors (Lipinski definition) is 2.